The molecular formula is C20H23ClN4O2. The van der Waals surface area contributed by atoms with Gasteiger partial charge in [-0.2, -0.15) is 0 Å². The Morgan fingerprint density at radius 2 is 1.93 bits per heavy atom. The Labute approximate surface area is 163 Å². The Kier molecular flexibility index (Phi) is 5.46. The molecule has 6 nitrogen and oxygen atoms in total. The highest BCUT2D eigenvalue weighted by Gasteiger charge is 2.24. The van der Waals surface area contributed by atoms with Crippen LogP contribution in [0.3, 0.4) is 0 Å². The molecular weight excluding hydrogens is 364 g/mol. The Hall–Kier alpha value is -2.47. The maximum Gasteiger partial charge on any atom is 0.255 e. The molecule has 1 unspecified atom stereocenters. The molecule has 7 heteroatoms. The zero-order valence-electron chi connectivity index (χ0n) is 16.1. The number of amides is 1. The number of hydrogen-bond acceptors (Lipinski definition) is 5. The molecule has 3 aromatic rings. The van der Waals surface area contributed by atoms with Crippen LogP contribution < -0.4 is 5.32 Å². The summed E-state index contributed by atoms with van der Waals surface area (Å²) >= 11 is 6.33. The minimum Gasteiger partial charge on any atom is -0.423 e. The molecule has 0 spiro atoms. The van der Waals surface area contributed by atoms with Crippen molar-refractivity contribution in [3.8, 4) is 0 Å². The van der Waals surface area contributed by atoms with Crippen LogP contribution in [0.25, 0.3) is 10.9 Å². The van der Waals surface area contributed by atoms with Crippen molar-refractivity contribution in [1.82, 2.24) is 20.5 Å². The third-order valence-electron chi connectivity index (χ3n) is 4.30. The Morgan fingerprint density at radius 3 is 2.56 bits per heavy atom. The maximum absolute atomic E-state index is 12.9. The van der Waals surface area contributed by atoms with Crippen molar-refractivity contribution >= 4 is 28.4 Å². The molecule has 3 rings (SSSR count). The van der Waals surface area contributed by atoms with Gasteiger partial charge >= 0.3 is 0 Å². The number of rotatable bonds is 5. The average molecular weight is 387 g/mol. The molecule has 142 valence electrons. The molecule has 27 heavy (non-hydrogen) atoms. The Bertz CT molecular complexity index is 997. The first-order valence-electron chi connectivity index (χ1n) is 8.93. The minimum absolute atomic E-state index is 0.178. The summed E-state index contributed by atoms with van der Waals surface area (Å²) in [5.74, 6) is 0.878. The van der Waals surface area contributed by atoms with E-state index < -0.39 is 0 Å². The van der Waals surface area contributed by atoms with Crippen LogP contribution in [0, 0.1) is 26.7 Å². The predicted molar refractivity (Wildman–Crippen MR) is 105 cm³/mol. The standard InChI is InChI=1S/C20H23ClN4O2/c1-10(2)6-16(20-25-24-13(5)27-20)22-19(26)15-9-14-8-11(3)7-12(4)17(14)23-18(15)21/h7-10,16H,6H2,1-5H3,(H,22,26). The third kappa shape index (κ3) is 4.27. The molecule has 1 atom stereocenters. The zero-order valence-corrected chi connectivity index (χ0v) is 16.9. The van der Waals surface area contributed by atoms with E-state index in [0.29, 0.717) is 29.7 Å². The monoisotopic (exact) mass is 386 g/mol. The lowest BCUT2D eigenvalue weighted by molar-refractivity contribution is 0.0924. The second-order valence-electron chi connectivity index (χ2n) is 7.30. The van der Waals surface area contributed by atoms with Gasteiger partial charge in [-0.15, -0.1) is 10.2 Å². The zero-order chi connectivity index (χ0) is 19.7. The number of aromatic nitrogens is 3. The normalized spacial score (nSPS) is 12.6. The van der Waals surface area contributed by atoms with Gasteiger partial charge in [-0.05, 0) is 43.9 Å². The van der Waals surface area contributed by atoms with E-state index in [9.17, 15) is 4.79 Å². The number of hydrogen-bond donors (Lipinski definition) is 1. The van der Waals surface area contributed by atoms with E-state index in [4.69, 9.17) is 16.0 Å². The van der Waals surface area contributed by atoms with Crippen molar-refractivity contribution in [2.45, 2.75) is 47.1 Å². The van der Waals surface area contributed by atoms with Crippen molar-refractivity contribution in [3.63, 3.8) is 0 Å². The fourth-order valence-corrected chi connectivity index (χ4v) is 3.39. The largest absolute Gasteiger partial charge is 0.423 e. The maximum atomic E-state index is 12.9. The number of halogens is 1. The summed E-state index contributed by atoms with van der Waals surface area (Å²) in [5, 5.41) is 12.0. The molecule has 1 aromatic carbocycles. The van der Waals surface area contributed by atoms with Crippen LogP contribution in [-0.2, 0) is 0 Å². The molecule has 0 radical (unpaired) electrons. The van der Waals surface area contributed by atoms with Gasteiger partial charge in [0.05, 0.1) is 11.1 Å². The molecule has 0 aliphatic rings. The molecule has 0 saturated heterocycles. The minimum atomic E-state index is -0.385. The van der Waals surface area contributed by atoms with Gasteiger partial charge < -0.3 is 9.73 Å². The first kappa shape index (κ1) is 19.3. The highest BCUT2D eigenvalue weighted by molar-refractivity contribution is 6.33. The van der Waals surface area contributed by atoms with Crippen molar-refractivity contribution in [3.05, 3.63) is 51.8 Å². The van der Waals surface area contributed by atoms with Crippen molar-refractivity contribution < 1.29 is 9.21 Å². The van der Waals surface area contributed by atoms with Crippen LogP contribution in [0.2, 0.25) is 5.15 Å². The molecule has 0 aliphatic carbocycles. The van der Waals surface area contributed by atoms with E-state index in [1.165, 1.54) is 0 Å². The molecule has 2 heterocycles. The Morgan fingerprint density at radius 1 is 1.19 bits per heavy atom. The lowest BCUT2D eigenvalue weighted by Crippen LogP contribution is -2.30. The van der Waals surface area contributed by atoms with Crippen molar-refractivity contribution in [1.29, 1.82) is 0 Å². The van der Waals surface area contributed by atoms with Crippen LogP contribution >= 0.6 is 11.6 Å². The van der Waals surface area contributed by atoms with E-state index in [0.717, 1.165) is 22.0 Å². The number of pyridine rings is 1. The van der Waals surface area contributed by atoms with E-state index >= 15 is 0 Å². The summed E-state index contributed by atoms with van der Waals surface area (Å²) in [7, 11) is 0. The van der Waals surface area contributed by atoms with Crippen LogP contribution in [0.1, 0.15) is 59.6 Å². The lowest BCUT2D eigenvalue weighted by atomic mass is 10.0. The molecule has 2 aromatic heterocycles. The fraction of sp³-hybridized carbons (Fsp3) is 0.400. The van der Waals surface area contributed by atoms with E-state index in [1.54, 1.807) is 13.0 Å². The SMILES string of the molecule is Cc1cc(C)c2nc(Cl)c(C(=O)NC(CC(C)C)c3nnc(C)o3)cc2c1. The summed E-state index contributed by atoms with van der Waals surface area (Å²) in [6.07, 6.45) is 0.671. The van der Waals surface area contributed by atoms with Gasteiger partial charge in [0.2, 0.25) is 11.8 Å². The summed E-state index contributed by atoms with van der Waals surface area (Å²) in [6, 6.07) is 5.44. The van der Waals surface area contributed by atoms with Crippen molar-refractivity contribution in [2.24, 2.45) is 5.92 Å². The quantitative estimate of drug-likeness (QED) is 0.642. The summed E-state index contributed by atoms with van der Waals surface area (Å²) in [4.78, 5) is 17.4. The molecule has 1 N–H and O–H groups in total. The second kappa shape index (κ2) is 7.64. The topological polar surface area (TPSA) is 80.9 Å². The number of carbonyl (C=O) groups excluding carboxylic acids is 1. The van der Waals surface area contributed by atoms with Gasteiger partial charge in [-0.1, -0.05) is 37.1 Å². The van der Waals surface area contributed by atoms with Gasteiger partial charge in [-0.3, -0.25) is 4.79 Å². The van der Waals surface area contributed by atoms with Gasteiger partial charge in [-0.25, -0.2) is 4.98 Å². The van der Waals surface area contributed by atoms with Gasteiger partial charge in [0.1, 0.15) is 11.2 Å². The summed E-state index contributed by atoms with van der Waals surface area (Å²) in [6.45, 7) is 9.85. The number of aryl methyl sites for hydroxylation is 3. The predicted octanol–water partition coefficient (Wildman–Crippen LogP) is 4.71. The fourth-order valence-electron chi connectivity index (χ4n) is 3.17. The lowest BCUT2D eigenvalue weighted by Gasteiger charge is -2.18. The van der Waals surface area contributed by atoms with Crippen molar-refractivity contribution in [2.75, 3.05) is 0 Å². The third-order valence-corrected chi connectivity index (χ3v) is 4.59. The van der Waals surface area contributed by atoms with Gasteiger partial charge in [0.15, 0.2) is 0 Å². The van der Waals surface area contributed by atoms with Crippen LogP contribution in [0.15, 0.2) is 22.6 Å². The summed E-state index contributed by atoms with van der Waals surface area (Å²) in [5.41, 5.74) is 3.26. The van der Waals surface area contributed by atoms with Gasteiger partial charge in [0, 0.05) is 12.3 Å². The molecule has 1 amide bonds. The first-order chi connectivity index (χ1) is 12.7. The summed E-state index contributed by atoms with van der Waals surface area (Å²) < 4.78 is 5.53. The van der Waals surface area contributed by atoms with E-state index in [2.05, 4.69) is 34.3 Å². The van der Waals surface area contributed by atoms with Crippen LogP contribution in [-0.4, -0.2) is 21.1 Å². The first-order valence-corrected chi connectivity index (χ1v) is 9.30. The van der Waals surface area contributed by atoms with Crippen LogP contribution in [0.5, 0.6) is 0 Å². The average Bonchev–Trinajstić information content (AvgIpc) is 3.00. The molecule has 0 bridgehead atoms. The molecule has 0 fully saturated rings. The smallest absolute Gasteiger partial charge is 0.255 e. The number of benzene rings is 1. The molecule has 0 saturated carbocycles. The second-order valence-corrected chi connectivity index (χ2v) is 7.65. The van der Waals surface area contributed by atoms with E-state index in [-0.39, 0.29) is 17.1 Å². The van der Waals surface area contributed by atoms with E-state index in [1.807, 2.05) is 26.0 Å². The number of fused-ring (bicyclic) bond motifs is 1. The number of nitrogens with one attached hydrogen (secondary N) is 1. The van der Waals surface area contributed by atoms with Crippen LogP contribution in [0.4, 0.5) is 0 Å². The highest BCUT2D eigenvalue weighted by atomic mass is 35.5. The number of carbonyl (C=O) groups is 1. The highest BCUT2D eigenvalue weighted by Crippen LogP contribution is 2.26. The number of nitrogens with zero attached hydrogens (tertiary/aromatic N) is 3. The van der Waals surface area contributed by atoms with Gasteiger partial charge in [0.25, 0.3) is 5.91 Å². The molecule has 0 aliphatic heterocycles. The Balaban J connectivity index is 1.95.